The molecule has 0 aromatic rings. The number of halogens is 4. The van der Waals surface area contributed by atoms with Crippen LogP contribution >= 0.6 is 48.6 Å². The second-order valence-electron chi connectivity index (χ2n) is 1.09. The zero-order chi connectivity index (χ0) is 7.98. The number of hydrogen-bond donors (Lipinski definition) is 0. The maximum absolute atomic E-state index is 11.6. The van der Waals surface area contributed by atoms with Gasteiger partial charge in [-0.25, -0.2) is 0 Å². The predicted octanol–water partition coefficient (Wildman–Crippen LogP) is 4.11. The summed E-state index contributed by atoms with van der Waals surface area (Å²) in [6.07, 6.45) is 0. The van der Waals surface area contributed by atoms with Gasteiger partial charge in [-0.2, -0.15) is 15.5 Å². The molecule has 0 fully saturated rings. The predicted molar refractivity (Wildman–Crippen MR) is 42.4 cm³/mol. The van der Waals surface area contributed by atoms with Gasteiger partial charge in [0.15, 0.2) is 0 Å². The minimum Gasteiger partial charge on any atom is -0.164 e. The molecule has 0 rings (SSSR count). The fraction of sp³-hybridized carbons (Fsp3) is 1.00. The summed E-state index contributed by atoms with van der Waals surface area (Å²) in [7, 11) is 0. The molecule has 0 unspecified atom stereocenters. The summed E-state index contributed by atoms with van der Waals surface area (Å²) in [6.45, 7) is 0. The first-order valence-electron chi connectivity index (χ1n) is 1.89. The van der Waals surface area contributed by atoms with Gasteiger partial charge in [0.2, 0.25) is 0 Å². The Balaban J connectivity index is 3.70. The minimum absolute atomic E-state index is 0.407. The summed E-state index contributed by atoms with van der Waals surface area (Å²) in [4.78, 5) is 0. The van der Waals surface area contributed by atoms with Crippen LogP contribution in [0.5, 0.6) is 0 Å². The van der Waals surface area contributed by atoms with Crippen LogP contribution in [0.15, 0.2) is 0 Å². The van der Waals surface area contributed by atoms with Gasteiger partial charge in [-0.3, -0.25) is 0 Å². The Bertz CT molecular complexity index is 63.7. The average molecular weight is 230 g/mol. The van der Waals surface area contributed by atoms with E-state index >= 15 is 0 Å². The third-order valence-electron chi connectivity index (χ3n) is 0.573. The Morgan fingerprint density at radius 3 is 0.900 bits per heavy atom. The second kappa shape index (κ2) is 6.81. The summed E-state index contributed by atoms with van der Waals surface area (Å²) < 4.78 is 43.6. The van der Waals surface area contributed by atoms with Crippen molar-refractivity contribution in [1.82, 2.24) is 0 Å². The van der Waals surface area contributed by atoms with Crippen LogP contribution in [0.1, 0.15) is 0 Å². The molecular formula is C2H2F4S4. The molecule has 0 nitrogen and oxygen atoms in total. The van der Waals surface area contributed by atoms with Crippen LogP contribution in [-0.4, -0.2) is 9.16 Å². The lowest BCUT2D eigenvalue weighted by Gasteiger charge is -2.09. The summed E-state index contributed by atoms with van der Waals surface area (Å²) in [6, 6.07) is 0. The largest absolute Gasteiger partial charge is 0.164 e. The lowest BCUT2D eigenvalue weighted by molar-refractivity contribution is 0.879. The van der Waals surface area contributed by atoms with Gasteiger partial charge in [0.25, 0.3) is 0 Å². The van der Waals surface area contributed by atoms with Gasteiger partial charge in [0.05, 0.1) is 48.6 Å². The van der Waals surface area contributed by atoms with Crippen LogP contribution in [0.2, 0.25) is 0 Å². The summed E-state index contributed by atoms with van der Waals surface area (Å²) in [5.74, 6) is 0. The van der Waals surface area contributed by atoms with Crippen molar-refractivity contribution in [1.29, 1.82) is 0 Å². The minimum atomic E-state index is -1.34. The van der Waals surface area contributed by atoms with Crippen molar-refractivity contribution in [3.63, 3.8) is 0 Å². The quantitative estimate of drug-likeness (QED) is 0.514. The van der Waals surface area contributed by atoms with E-state index in [1.165, 1.54) is 0 Å². The van der Waals surface area contributed by atoms with Crippen molar-refractivity contribution in [3.8, 4) is 0 Å². The SMILES string of the molecule is FSC(SF)C(SF)SF. The molecule has 62 valence electrons. The molecular weight excluding hydrogens is 228 g/mol. The molecule has 0 saturated carbocycles. The molecule has 0 amide bonds. The fourth-order valence-electron chi connectivity index (χ4n) is 0.195. The zero-order valence-electron chi connectivity index (χ0n) is 4.30. The van der Waals surface area contributed by atoms with E-state index in [1.54, 1.807) is 0 Å². The molecule has 0 aromatic carbocycles. The fourth-order valence-corrected chi connectivity index (χ4v) is 1.76. The summed E-state index contributed by atoms with van der Waals surface area (Å²) in [5.41, 5.74) is 0. The molecule has 0 spiro atoms. The van der Waals surface area contributed by atoms with E-state index in [9.17, 15) is 15.5 Å². The molecule has 0 radical (unpaired) electrons. The molecule has 0 atom stereocenters. The van der Waals surface area contributed by atoms with Crippen LogP contribution in [0, 0.1) is 0 Å². The van der Waals surface area contributed by atoms with Crippen molar-refractivity contribution < 1.29 is 15.5 Å². The van der Waals surface area contributed by atoms with Gasteiger partial charge in [0, 0.05) is 0 Å². The first kappa shape index (κ1) is 11.1. The van der Waals surface area contributed by atoms with Gasteiger partial charge < -0.3 is 0 Å². The van der Waals surface area contributed by atoms with Gasteiger partial charge in [-0.1, -0.05) is 0 Å². The average Bonchev–Trinajstić information content (AvgIpc) is 2.00. The highest BCUT2D eigenvalue weighted by atomic mass is 32.3. The van der Waals surface area contributed by atoms with Crippen molar-refractivity contribution in [2.45, 2.75) is 9.16 Å². The first-order valence-corrected chi connectivity index (χ1v) is 5.01. The third-order valence-corrected chi connectivity index (χ3v) is 3.93. The molecule has 0 saturated heterocycles. The first-order chi connectivity index (χ1) is 4.79. The summed E-state index contributed by atoms with van der Waals surface area (Å²) >= 11 is -1.63. The highest BCUT2D eigenvalue weighted by Crippen LogP contribution is 2.41. The summed E-state index contributed by atoms with van der Waals surface area (Å²) in [5, 5.41) is 0. The van der Waals surface area contributed by atoms with E-state index in [2.05, 4.69) is 0 Å². The van der Waals surface area contributed by atoms with E-state index in [4.69, 9.17) is 0 Å². The van der Waals surface area contributed by atoms with Crippen LogP contribution < -0.4 is 0 Å². The molecule has 0 N–H and O–H groups in total. The Labute approximate surface area is 73.4 Å². The Morgan fingerprint density at radius 2 is 0.800 bits per heavy atom. The molecule has 10 heavy (non-hydrogen) atoms. The van der Waals surface area contributed by atoms with Gasteiger partial charge >= 0.3 is 0 Å². The monoisotopic (exact) mass is 230 g/mol. The molecule has 8 heteroatoms. The maximum atomic E-state index is 11.6. The van der Waals surface area contributed by atoms with E-state index < -0.39 is 57.8 Å². The smallest absolute Gasteiger partial charge is 0.139 e. The molecule has 0 aromatic heterocycles. The zero-order valence-corrected chi connectivity index (χ0v) is 7.57. The van der Waals surface area contributed by atoms with E-state index in [0.29, 0.717) is 0 Å². The van der Waals surface area contributed by atoms with Crippen LogP contribution in [0.4, 0.5) is 15.5 Å². The topological polar surface area (TPSA) is 0 Å². The normalized spacial score (nSPS) is 11.4. The number of rotatable bonds is 5. The highest BCUT2D eigenvalue weighted by molar-refractivity contribution is 8.19. The van der Waals surface area contributed by atoms with E-state index in [0.717, 1.165) is 0 Å². The van der Waals surface area contributed by atoms with Gasteiger partial charge in [0.1, 0.15) is 9.16 Å². The van der Waals surface area contributed by atoms with Crippen molar-refractivity contribution in [3.05, 3.63) is 0 Å². The second-order valence-corrected chi connectivity index (χ2v) is 4.43. The third kappa shape index (κ3) is 3.49. The van der Waals surface area contributed by atoms with Crippen LogP contribution in [-0.2, 0) is 0 Å². The Hall–Kier alpha value is 1.12. The van der Waals surface area contributed by atoms with Crippen LogP contribution in [0.3, 0.4) is 0 Å². The van der Waals surface area contributed by atoms with Crippen molar-refractivity contribution in [2.75, 3.05) is 0 Å². The molecule has 0 bridgehead atoms. The standard InChI is InChI=1S/C2H2F4S4/c3-7-1(8-4)2(9-5)10-6/h1-2H. The van der Waals surface area contributed by atoms with Crippen LogP contribution in [0.25, 0.3) is 0 Å². The Morgan fingerprint density at radius 1 is 0.600 bits per heavy atom. The van der Waals surface area contributed by atoms with E-state index in [1.807, 2.05) is 0 Å². The molecule has 0 aliphatic rings. The van der Waals surface area contributed by atoms with Gasteiger partial charge in [-0.05, 0) is 0 Å². The molecule has 0 aliphatic carbocycles. The van der Waals surface area contributed by atoms with Gasteiger partial charge in [-0.15, -0.1) is 0 Å². The highest BCUT2D eigenvalue weighted by Gasteiger charge is 2.26. The number of hydrogen-bond acceptors (Lipinski definition) is 4. The lowest BCUT2D eigenvalue weighted by Crippen LogP contribution is -2.07. The lowest BCUT2D eigenvalue weighted by atomic mass is 10.9. The van der Waals surface area contributed by atoms with E-state index in [-0.39, 0.29) is 0 Å². The van der Waals surface area contributed by atoms with Crippen molar-refractivity contribution in [2.24, 2.45) is 0 Å². The molecule has 0 aliphatic heterocycles. The maximum Gasteiger partial charge on any atom is 0.139 e. The molecule has 0 heterocycles. The Kier molecular flexibility index (Phi) is 7.57. The van der Waals surface area contributed by atoms with Crippen molar-refractivity contribution >= 4 is 48.6 Å².